The van der Waals surface area contributed by atoms with Crippen molar-refractivity contribution in [3.63, 3.8) is 0 Å². The third-order valence-electron chi connectivity index (χ3n) is 1.37. The maximum Gasteiger partial charge on any atom is 0.281 e. The Bertz CT molecular complexity index is 304. The predicted octanol–water partition coefficient (Wildman–Crippen LogP) is 2.69. The van der Waals surface area contributed by atoms with Crippen LogP contribution in [0.2, 0.25) is 5.02 Å². The molecule has 1 aromatic rings. The van der Waals surface area contributed by atoms with Crippen LogP contribution in [0.15, 0.2) is 6.07 Å². The van der Waals surface area contributed by atoms with Crippen LogP contribution in [-0.2, 0) is 0 Å². The molecule has 0 aliphatic rings. The van der Waals surface area contributed by atoms with Crippen LogP contribution in [0.3, 0.4) is 0 Å². The number of alkyl halides is 2. The van der Waals surface area contributed by atoms with Gasteiger partial charge in [-0.25, -0.2) is 13.8 Å². The van der Waals surface area contributed by atoms with Crippen molar-refractivity contribution in [3.05, 3.63) is 22.5 Å². The fourth-order valence-corrected chi connectivity index (χ4v) is 0.971. The first-order valence-corrected chi connectivity index (χ1v) is 3.54. The van der Waals surface area contributed by atoms with Crippen molar-refractivity contribution >= 4 is 11.6 Å². The first-order chi connectivity index (χ1) is 5.52. The van der Waals surface area contributed by atoms with E-state index in [-0.39, 0.29) is 16.5 Å². The van der Waals surface area contributed by atoms with Gasteiger partial charge in [0.2, 0.25) is 0 Å². The van der Waals surface area contributed by atoms with E-state index in [1.807, 2.05) is 0 Å². The summed E-state index contributed by atoms with van der Waals surface area (Å²) in [5.41, 5.74) is -0.346. The number of aromatic hydroxyl groups is 1. The van der Waals surface area contributed by atoms with E-state index in [1.165, 1.54) is 6.92 Å². The largest absolute Gasteiger partial charge is 0.506 e. The number of aromatic nitrogens is 1. The van der Waals surface area contributed by atoms with Gasteiger partial charge < -0.3 is 5.11 Å². The summed E-state index contributed by atoms with van der Waals surface area (Å²) in [6.45, 7) is 1.43. The highest BCUT2D eigenvalue weighted by molar-refractivity contribution is 6.31. The molecule has 0 aromatic carbocycles. The van der Waals surface area contributed by atoms with Crippen LogP contribution in [0.25, 0.3) is 0 Å². The van der Waals surface area contributed by atoms with Crippen LogP contribution in [0, 0.1) is 6.92 Å². The third-order valence-corrected chi connectivity index (χ3v) is 1.68. The van der Waals surface area contributed by atoms with Crippen molar-refractivity contribution in [1.29, 1.82) is 0 Å². The summed E-state index contributed by atoms with van der Waals surface area (Å²) in [5.74, 6) is -0.176. The molecule has 0 bridgehead atoms. The van der Waals surface area contributed by atoms with Crippen LogP contribution >= 0.6 is 11.6 Å². The lowest BCUT2D eigenvalue weighted by Crippen LogP contribution is -1.94. The highest BCUT2D eigenvalue weighted by atomic mass is 35.5. The molecule has 1 heterocycles. The Morgan fingerprint density at radius 1 is 1.58 bits per heavy atom. The molecule has 1 rings (SSSR count). The highest BCUT2D eigenvalue weighted by Crippen LogP contribution is 2.29. The van der Waals surface area contributed by atoms with E-state index in [9.17, 15) is 8.78 Å². The summed E-state index contributed by atoms with van der Waals surface area (Å²) in [5, 5.41) is 8.80. The molecule has 1 aromatic heterocycles. The van der Waals surface area contributed by atoms with Gasteiger partial charge in [-0.1, -0.05) is 11.6 Å². The van der Waals surface area contributed by atoms with Gasteiger partial charge in [0.25, 0.3) is 6.43 Å². The summed E-state index contributed by atoms with van der Waals surface area (Å²) >= 11 is 5.39. The van der Waals surface area contributed by atoms with Crippen molar-refractivity contribution in [2.75, 3.05) is 0 Å². The van der Waals surface area contributed by atoms with Gasteiger partial charge in [0.05, 0.1) is 10.7 Å². The maximum absolute atomic E-state index is 12.1. The average Bonchev–Trinajstić information content (AvgIpc) is 1.96. The molecule has 0 aliphatic heterocycles. The lowest BCUT2D eigenvalue weighted by molar-refractivity contribution is 0.146. The topological polar surface area (TPSA) is 33.1 Å². The smallest absolute Gasteiger partial charge is 0.281 e. The van der Waals surface area contributed by atoms with Crippen LogP contribution in [0.4, 0.5) is 8.78 Å². The lowest BCUT2D eigenvalue weighted by atomic mass is 10.3. The lowest BCUT2D eigenvalue weighted by Gasteiger charge is -2.04. The molecule has 0 atom stereocenters. The Morgan fingerprint density at radius 2 is 2.17 bits per heavy atom. The zero-order valence-corrected chi connectivity index (χ0v) is 6.94. The first kappa shape index (κ1) is 9.19. The third kappa shape index (κ3) is 1.64. The van der Waals surface area contributed by atoms with E-state index < -0.39 is 12.1 Å². The Kier molecular flexibility index (Phi) is 2.47. The highest BCUT2D eigenvalue weighted by Gasteiger charge is 2.15. The van der Waals surface area contributed by atoms with Gasteiger partial charge in [0, 0.05) is 6.07 Å². The summed E-state index contributed by atoms with van der Waals surface area (Å²) in [6, 6.07) is 1.06. The second-order valence-electron chi connectivity index (χ2n) is 2.26. The fourth-order valence-electron chi connectivity index (χ4n) is 0.743. The Hall–Kier alpha value is -0.900. The van der Waals surface area contributed by atoms with E-state index in [2.05, 4.69) is 4.98 Å². The van der Waals surface area contributed by atoms with Crippen molar-refractivity contribution in [3.8, 4) is 5.75 Å². The van der Waals surface area contributed by atoms with E-state index in [0.29, 0.717) is 0 Å². The molecule has 0 radical (unpaired) electrons. The molecule has 2 nitrogen and oxygen atoms in total. The number of pyridine rings is 1. The van der Waals surface area contributed by atoms with Crippen LogP contribution < -0.4 is 0 Å². The molecule has 66 valence electrons. The van der Waals surface area contributed by atoms with Crippen molar-refractivity contribution in [1.82, 2.24) is 4.98 Å². The van der Waals surface area contributed by atoms with Gasteiger partial charge >= 0.3 is 0 Å². The number of hydrogen-bond acceptors (Lipinski definition) is 2. The average molecular weight is 194 g/mol. The van der Waals surface area contributed by atoms with Gasteiger partial charge in [-0.2, -0.15) is 0 Å². The van der Waals surface area contributed by atoms with Gasteiger partial charge in [-0.05, 0) is 6.92 Å². The maximum atomic E-state index is 12.1. The fraction of sp³-hybridized carbons (Fsp3) is 0.286. The number of nitrogens with zero attached hydrogens (tertiary/aromatic N) is 1. The first-order valence-electron chi connectivity index (χ1n) is 3.16. The zero-order chi connectivity index (χ0) is 9.30. The minimum atomic E-state index is -2.71. The molecule has 0 aliphatic carbocycles. The summed E-state index contributed by atoms with van der Waals surface area (Å²) in [4.78, 5) is 3.44. The monoisotopic (exact) mass is 193 g/mol. The molecule has 0 saturated carbocycles. The van der Waals surface area contributed by atoms with E-state index >= 15 is 0 Å². The summed E-state index contributed by atoms with van der Waals surface area (Å²) in [6.07, 6.45) is -2.71. The van der Waals surface area contributed by atoms with Crippen LogP contribution in [0.5, 0.6) is 5.75 Å². The second kappa shape index (κ2) is 3.23. The van der Waals surface area contributed by atoms with Gasteiger partial charge in [-0.3, -0.25) is 0 Å². The van der Waals surface area contributed by atoms with Crippen molar-refractivity contribution in [2.24, 2.45) is 0 Å². The van der Waals surface area contributed by atoms with E-state index in [0.717, 1.165) is 6.07 Å². The second-order valence-corrected chi connectivity index (χ2v) is 2.67. The van der Waals surface area contributed by atoms with Gasteiger partial charge in [0.15, 0.2) is 0 Å². The van der Waals surface area contributed by atoms with Crippen LogP contribution in [0.1, 0.15) is 17.8 Å². The molecule has 0 unspecified atom stereocenters. The molecule has 0 spiro atoms. The Balaban J connectivity index is 3.23. The van der Waals surface area contributed by atoms with Crippen molar-refractivity contribution < 1.29 is 13.9 Å². The SMILES string of the molecule is Cc1nc(C(F)F)c(Cl)cc1O. The molecule has 12 heavy (non-hydrogen) atoms. The summed E-state index contributed by atoms with van der Waals surface area (Å²) < 4.78 is 24.2. The molecular weight excluding hydrogens is 188 g/mol. The minimum absolute atomic E-state index is 0.148. The zero-order valence-electron chi connectivity index (χ0n) is 6.18. The number of halogens is 3. The van der Waals surface area contributed by atoms with Crippen molar-refractivity contribution in [2.45, 2.75) is 13.3 Å². The van der Waals surface area contributed by atoms with E-state index in [1.54, 1.807) is 0 Å². The predicted molar refractivity (Wildman–Crippen MR) is 40.6 cm³/mol. The normalized spacial score (nSPS) is 10.8. The van der Waals surface area contributed by atoms with Gasteiger partial charge in [-0.15, -0.1) is 0 Å². The Morgan fingerprint density at radius 3 is 2.67 bits per heavy atom. The van der Waals surface area contributed by atoms with E-state index in [4.69, 9.17) is 16.7 Å². The molecule has 1 N–H and O–H groups in total. The Labute approximate surface area is 72.8 Å². The molecule has 0 saturated heterocycles. The molecule has 0 fully saturated rings. The summed E-state index contributed by atoms with van der Waals surface area (Å²) in [7, 11) is 0. The molecule has 5 heteroatoms. The minimum Gasteiger partial charge on any atom is -0.506 e. The number of rotatable bonds is 1. The molecule has 0 amide bonds. The van der Waals surface area contributed by atoms with Crippen LogP contribution in [-0.4, -0.2) is 10.1 Å². The number of hydrogen-bond donors (Lipinski definition) is 1. The number of aryl methyl sites for hydroxylation is 1. The molecular formula is C7H6ClF2NO. The van der Waals surface area contributed by atoms with Gasteiger partial charge in [0.1, 0.15) is 11.4 Å². The standard InChI is InChI=1S/C7H6ClF2NO/c1-3-5(12)2-4(8)6(11-3)7(9)10/h2,7,12H,1H3. The quantitative estimate of drug-likeness (QED) is 0.744.